The first-order chi connectivity index (χ1) is 20.3. The minimum Gasteiger partial charge on any atom is -0.456 e. The summed E-state index contributed by atoms with van der Waals surface area (Å²) in [6, 6.07) is 43.6. The van der Waals surface area contributed by atoms with Crippen molar-refractivity contribution in [3.8, 4) is 67.7 Å². The second-order valence-electron chi connectivity index (χ2n) is 10.1. The van der Waals surface area contributed by atoms with Gasteiger partial charge in [0, 0.05) is 45.6 Å². The molecule has 0 N–H and O–H groups in total. The molecule has 0 bridgehead atoms. The van der Waals surface area contributed by atoms with Gasteiger partial charge in [-0.25, -0.2) is 9.97 Å². The lowest BCUT2D eigenvalue weighted by Gasteiger charge is -2.22. The van der Waals surface area contributed by atoms with Crippen LogP contribution in [0.15, 0.2) is 140 Å². The molecule has 0 amide bonds. The highest BCUT2D eigenvalue weighted by Gasteiger charge is 2.21. The number of fused-ring (bicyclic) bond motifs is 2. The number of aromatic nitrogens is 3. The maximum Gasteiger partial charge on any atom is 0.160 e. The molecule has 0 unspecified atom stereocenters. The van der Waals surface area contributed by atoms with Crippen LogP contribution in [0.2, 0.25) is 0 Å². The van der Waals surface area contributed by atoms with Gasteiger partial charge in [-0.3, -0.25) is 4.98 Å². The van der Waals surface area contributed by atoms with Gasteiger partial charge in [-0.1, -0.05) is 91.0 Å². The summed E-state index contributed by atoms with van der Waals surface area (Å²) < 4.78 is 6.46. The van der Waals surface area contributed by atoms with Gasteiger partial charge in [-0.05, 0) is 52.9 Å². The van der Waals surface area contributed by atoms with Crippen LogP contribution in [0.1, 0.15) is 0 Å². The van der Waals surface area contributed by atoms with Crippen LogP contribution in [-0.4, -0.2) is 15.0 Å². The highest BCUT2D eigenvalue weighted by molar-refractivity contribution is 6.04. The molecule has 8 rings (SSSR count). The third-order valence-corrected chi connectivity index (χ3v) is 7.57. The van der Waals surface area contributed by atoms with Gasteiger partial charge >= 0.3 is 0 Å². The maximum atomic E-state index is 6.46. The first-order valence-electron chi connectivity index (χ1n) is 13.6. The second kappa shape index (κ2) is 9.54. The van der Waals surface area contributed by atoms with Crippen LogP contribution in [-0.2, 0) is 0 Å². The van der Waals surface area contributed by atoms with Crippen molar-refractivity contribution in [2.24, 2.45) is 0 Å². The molecule has 0 radical (unpaired) electrons. The van der Waals surface area contributed by atoms with E-state index in [1.165, 1.54) is 10.9 Å². The van der Waals surface area contributed by atoms with E-state index >= 15 is 0 Å². The van der Waals surface area contributed by atoms with Crippen LogP contribution < -0.4 is 4.74 Å². The molecule has 7 aromatic rings. The average Bonchev–Trinajstić information content (AvgIpc) is 3.05. The molecule has 4 heteroatoms. The highest BCUT2D eigenvalue weighted by Crippen LogP contribution is 2.47. The number of ether oxygens (including phenoxy) is 1. The predicted molar refractivity (Wildman–Crippen MR) is 165 cm³/mol. The largest absolute Gasteiger partial charge is 0.456 e. The van der Waals surface area contributed by atoms with E-state index in [2.05, 4.69) is 83.8 Å². The first-order valence-corrected chi connectivity index (χ1v) is 13.6. The molecule has 4 nitrogen and oxygen atoms in total. The van der Waals surface area contributed by atoms with Crippen LogP contribution in [0.4, 0.5) is 0 Å². The van der Waals surface area contributed by atoms with E-state index in [9.17, 15) is 0 Å². The van der Waals surface area contributed by atoms with Gasteiger partial charge in [0.1, 0.15) is 11.5 Å². The van der Waals surface area contributed by atoms with Crippen molar-refractivity contribution < 1.29 is 4.74 Å². The van der Waals surface area contributed by atoms with Gasteiger partial charge in [0.2, 0.25) is 0 Å². The van der Waals surface area contributed by atoms with E-state index in [0.717, 1.165) is 61.7 Å². The van der Waals surface area contributed by atoms with E-state index in [1.807, 2.05) is 54.7 Å². The van der Waals surface area contributed by atoms with Crippen LogP contribution in [0.3, 0.4) is 0 Å². The summed E-state index contributed by atoms with van der Waals surface area (Å²) in [5.41, 5.74) is 9.07. The standard InChI is InChI=1S/C37H23N3O/c1-2-8-25(9-3-1)37-39-32(27-13-4-12-26(20-27)29-14-7-19-38-23-29)22-33(40-37)28-17-18-30-31-15-5-10-24-11-6-16-34(36(24)31)41-35(30)21-28/h1-23H. The lowest BCUT2D eigenvalue weighted by molar-refractivity contribution is 0.487. The molecule has 3 heterocycles. The maximum absolute atomic E-state index is 6.46. The quantitative estimate of drug-likeness (QED) is 0.230. The number of pyridine rings is 1. The van der Waals surface area contributed by atoms with Crippen LogP contribution >= 0.6 is 0 Å². The van der Waals surface area contributed by atoms with Gasteiger partial charge in [0.25, 0.3) is 0 Å². The first kappa shape index (κ1) is 23.3. The molecular weight excluding hydrogens is 502 g/mol. The zero-order valence-corrected chi connectivity index (χ0v) is 22.0. The monoisotopic (exact) mass is 525 g/mol. The molecule has 1 aliphatic rings. The van der Waals surface area contributed by atoms with E-state index in [0.29, 0.717) is 5.82 Å². The Morgan fingerprint density at radius 3 is 2.02 bits per heavy atom. The summed E-state index contributed by atoms with van der Waals surface area (Å²) in [4.78, 5) is 14.3. The molecule has 0 aliphatic carbocycles. The zero-order valence-electron chi connectivity index (χ0n) is 22.0. The van der Waals surface area contributed by atoms with Gasteiger partial charge in [0.15, 0.2) is 5.82 Å². The Kier molecular flexibility index (Phi) is 5.42. The van der Waals surface area contributed by atoms with Gasteiger partial charge < -0.3 is 4.74 Å². The SMILES string of the molecule is c1ccc(-c2nc(-c3cccc(-c4cccnc4)c3)cc(-c3ccc4c(c3)Oc3cccc5cccc-4c35)n2)cc1. The van der Waals surface area contributed by atoms with Crippen molar-refractivity contribution in [3.63, 3.8) is 0 Å². The average molecular weight is 526 g/mol. The van der Waals surface area contributed by atoms with Crippen LogP contribution in [0.25, 0.3) is 66.9 Å². The predicted octanol–water partition coefficient (Wildman–Crippen LogP) is 9.47. The van der Waals surface area contributed by atoms with Crippen molar-refractivity contribution in [1.82, 2.24) is 15.0 Å². The fourth-order valence-corrected chi connectivity index (χ4v) is 5.57. The fourth-order valence-electron chi connectivity index (χ4n) is 5.57. The molecule has 41 heavy (non-hydrogen) atoms. The van der Waals surface area contributed by atoms with E-state index in [4.69, 9.17) is 14.7 Å². The highest BCUT2D eigenvalue weighted by atomic mass is 16.5. The van der Waals surface area contributed by atoms with Gasteiger partial charge in [0.05, 0.1) is 11.4 Å². The Morgan fingerprint density at radius 2 is 1.20 bits per heavy atom. The van der Waals surface area contributed by atoms with Crippen LogP contribution in [0.5, 0.6) is 11.5 Å². The minimum absolute atomic E-state index is 0.679. The molecule has 0 atom stereocenters. The number of hydrogen-bond donors (Lipinski definition) is 0. The van der Waals surface area contributed by atoms with Gasteiger partial charge in [-0.15, -0.1) is 0 Å². The molecule has 1 aliphatic heterocycles. The lowest BCUT2D eigenvalue weighted by Crippen LogP contribution is -1.99. The number of nitrogens with zero attached hydrogens (tertiary/aromatic N) is 3. The van der Waals surface area contributed by atoms with E-state index < -0.39 is 0 Å². The number of rotatable bonds is 4. The zero-order chi connectivity index (χ0) is 27.2. The van der Waals surface area contributed by atoms with Crippen LogP contribution in [0, 0.1) is 0 Å². The van der Waals surface area contributed by atoms with Crippen molar-refractivity contribution in [2.45, 2.75) is 0 Å². The summed E-state index contributed by atoms with van der Waals surface area (Å²) in [5.74, 6) is 2.38. The molecule has 5 aromatic carbocycles. The molecule has 0 saturated heterocycles. The summed E-state index contributed by atoms with van der Waals surface area (Å²) in [7, 11) is 0. The summed E-state index contributed by atoms with van der Waals surface area (Å²) in [6.07, 6.45) is 3.67. The Hall–Kier alpha value is -5.61. The lowest BCUT2D eigenvalue weighted by atomic mass is 9.93. The minimum atomic E-state index is 0.679. The molecule has 0 saturated carbocycles. The Labute approximate surface area is 237 Å². The second-order valence-corrected chi connectivity index (χ2v) is 10.1. The summed E-state index contributed by atoms with van der Waals surface area (Å²) >= 11 is 0. The van der Waals surface area contributed by atoms with E-state index in [1.54, 1.807) is 6.20 Å². The molecule has 2 aromatic heterocycles. The molecule has 0 fully saturated rings. The topological polar surface area (TPSA) is 47.9 Å². The Balaban J connectivity index is 1.28. The Morgan fingerprint density at radius 1 is 0.463 bits per heavy atom. The Bertz CT molecular complexity index is 2070. The summed E-state index contributed by atoms with van der Waals surface area (Å²) in [6.45, 7) is 0. The third kappa shape index (κ3) is 4.14. The van der Waals surface area contributed by atoms with Crippen molar-refractivity contribution in [3.05, 3.63) is 140 Å². The normalized spacial score (nSPS) is 11.6. The van der Waals surface area contributed by atoms with Gasteiger partial charge in [-0.2, -0.15) is 0 Å². The molecule has 192 valence electrons. The number of benzene rings is 5. The smallest absolute Gasteiger partial charge is 0.160 e. The molecular formula is C37H23N3O. The third-order valence-electron chi connectivity index (χ3n) is 7.57. The van der Waals surface area contributed by atoms with E-state index in [-0.39, 0.29) is 0 Å². The van der Waals surface area contributed by atoms with Crippen molar-refractivity contribution in [1.29, 1.82) is 0 Å². The number of hydrogen-bond acceptors (Lipinski definition) is 4. The fraction of sp³-hybridized carbons (Fsp3) is 0. The molecule has 0 spiro atoms. The van der Waals surface area contributed by atoms with Crippen molar-refractivity contribution >= 4 is 10.8 Å². The summed E-state index contributed by atoms with van der Waals surface area (Å²) in [5, 5.41) is 2.33. The van der Waals surface area contributed by atoms with Crippen molar-refractivity contribution in [2.75, 3.05) is 0 Å².